The normalized spacial score (nSPS) is 11.5. The van der Waals surface area contributed by atoms with Crippen molar-refractivity contribution in [3.63, 3.8) is 0 Å². The summed E-state index contributed by atoms with van der Waals surface area (Å²) in [6.45, 7) is 2.06. The number of anilines is 1. The summed E-state index contributed by atoms with van der Waals surface area (Å²) in [7, 11) is 1.64. The Labute approximate surface area is 127 Å². The Balaban J connectivity index is 2.17. The lowest BCUT2D eigenvalue weighted by atomic mass is 10.1. The van der Waals surface area contributed by atoms with Crippen molar-refractivity contribution in [2.24, 2.45) is 0 Å². The molecule has 0 aliphatic carbocycles. The molecule has 0 aliphatic rings. The molecule has 1 atom stereocenters. The van der Waals surface area contributed by atoms with E-state index in [9.17, 15) is 0 Å². The summed E-state index contributed by atoms with van der Waals surface area (Å²) >= 11 is 3.47. The maximum absolute atomic E-state index is 8.94. The minimum Gasteiger partial charge on any atom is -0.496 e. The van der Waals surface area contributed by atoms with E-state index in [0.717, 1.165) is 21.5 Å². The molecule has 3 nitrogen and oxygen atoms in total. The number of methoxy groups -OCH3 is 1. The summed E-state index contributed by atoms with van der Waals surface area (Å²) in [5.74, 6) is 0.801. The van der Waals surface area contributed by atoms with Crippen LogP contribution in [0.1, 0.15) is 24.1 Å². The van der Waals surface area contributed by atoms with Gasteiger partial charge in [0.05, 0.1) is 23.2 Å². The van der Waals surface area contributed by atoms with Gasteiger partial charge in [0.25, 0.3) is 0 Å². The van der Waals surface area contributed by atoms with Crippen molar-refractivity contribution in [1.29, 1.82) is 5.26 Å². The van der Waals surface area contributed by atoms with Crippen LogP contribution < -0.4 is 10.1 Å². The second-order valence-electron chi connectivity index (χ2n) is 4.45. The molecule has 0 aromatic heterocycles. The lowest BCUT2D eigenvalue weighted by Gasteiger charge is -2.16. The zero-order valence-electron chi connectivity index (χ0n) is 11.4. The topological polar surface area (TPSA) is 45.0 Å². The second kappa shape index (κ2) is 6.44. The highest BCUT2D eigenvalue weighted by molar-refractivity contribution is 9.10. The molecule has 4 heteroatoms. The van der Waals surface area contributed by atoms with Crippen LogP contribution in [0, 0.1) is 11.3 Å². The van der Waals surface area contributed by atoms with Gasteiger partial charge in [-0.1, -0.05) is 12.1 Å². The van der Waals surface area contributed by atoms with Crippen molar-refractivity contribution in [3.05, 3.63) is 58.1 Å². The van der Waals surface area contributed by atoms with Crippen LogP contribution in [-0.4, -0.2) is 7.11 Å². The zero-order valence-corrected chi connectivity index (χ0v) is 12.9. The average Bonchev–Trinajstić information content (AvgIpc) is 2.47. The molecule has 2 rings (SSSR count). The molecule has 102 valence electrons. The molecule has 0 heterocycles. The van der Waals surface area contributed by atoms with Crippen molar-refractivity contribution in [3.8, 4) is 11.8 Å². The molecular formula is C16H15BrN2O. The number of nitrogens with zero attached hydrogens (tertiary/aromatic N) is 1. The molecule has 0 saturated carbocycles. The highest BCUT2D eigenvalue weighted by atomic mass is 79.9. The Morgan fingerprint density at radius 3 is 2.70 bits per heavy atom. The van der Waals surface area contributed by atoms with Crippen molar-refractivity contribution < 1.29 is 4.74 Å². The molecule has 0 amide bonds. The summed E-state index contributed by atoms with van der Waals surface area (Å²) in [5.41, 5.74) is 2.75. The van der Waals surface area contributed by atoms with Gasteiger partial charge in [-0.2, -0.15) is 5.26 Å². The molecule has 0 saturated heterocycles. The Hall–Kier alpha value is -1.99. The molecule has 2 aromatic rings. The molecule has 0 bridgehead atoms. The Kier molecular flexibility index (Phi) is 4.65. The first-order valence-electron chi connectivity index (χ1n) is 6.24. The number of nitrogens with one attached hydrogen (secondary N) is 1. The van der Waals surface area contributed by atoms with Gasteiger partial charge in [0.15, 0.2) is 0 Å². The monoisotopic (exact) mass is 330 g/mol. The minimum atomic E-state index is 0.114. The van der Waals surface area contributed by atoms with Gasteiger partial charge in [0, 0.05) is 11.7 Å². The van der Waals surface area contributed by atoms with Gasteiger partial charge in [-0.3, -0.25) is 0 Å². The van der Waals surface area contributed by atoms with Gasteiger partial charge in [-0.05, 0) is 58.7 Å². The molecule has 0 aliphatic heterocycles. The predicted molar refractivity (Wildman–Crippen MR) is 83.9 cm³/mol. The van der Waals surface area contributed by atoms with E-state index >= 15 is 0 Å². The van der Waals surface area contributed by atoms with Crippen molar-refractivity contribution >= 4 is 21.6 Å². The van der Waals surface area contributed by atoms with Crippen LogP contribution in [0.4, 0.5) is 5.69 Å². The van der Waals surface area contributed by atoms with Crippen molar-refractivity contribution in [2.75, 3.05) is 12.4 Å². The van der Waals surface area contributed by atoms with E-state index in [2.05, 4.69) is 34.2 Å². The largest absolute Gasteiger partial charge is 0.496 e. The molecule has 0 radical (unpaired) electrons. The average molecular weight is 331 g/mol. The fraction of sp³-hybridized carbons (Fsp3) is 0.188. The maximum Gasteiger partial charge on any atom is 0.133 e. The molecule has 20 heavy (non-hydrogen) atoms. The van der Waals surface area contributed by atoms with Gasteiger partial charge in [-0.15, -0.1) is 0 Å². The minimum absolute atomic E-state index is 0.114. The number of hydrogen-bond acceptors (Lipinski definition) is 3. The fourth-order valence-electron chi connectivity index (χ4n) is 1.97. The quantitative estimate of drug-likeness (QED) is 0.897. The van der Waals surface area contributed by atoms with E-state index in [1.165, 1.54) is 0 Å². The smallest absolute Gasteiger partial charge is 0.133 e. The van der Waals surface area contributed by atoms with Gasteiger partial charge in [0.1, 0.15) is 5.75 Å². The fourth-order valence-corrected chi connectivity index (χ4v) is 2.51. The summed E-state index contributed by atoms with van der Waals surface area (Å²) in [6.07, 6.45) is 0. The Morgan fingerprint density at radius 2 is 2.05 bits per heavy atom. The van der Waals surface area contributed by atoms with Crippen LogP contribution in [0.5, 0.6) is 5.75 Å². The van der Waals surface area contributed by atoms with Gasteiger partial charge >= 0.3 is 0 Å². The lowest BCUT2D eigenvalue weighted by molar-refractivity contribution is 0.412. The van der Waals surface area contributed by atoms with Crippen LogP contribution in [0.25, 0.3) is 0 Å². The molecule has 0 fully saturated rings. The van der Waals surface area contributed by atoms with E-state index in [0.29, 0.717) is 5.56 Å². The van der Waals surface area contributed by atoms with Crippen LogP contribution in [0.3, 0.4) is 0 Å². The number of nitriles is 1. The number of ether oxygens (including phenoxy) is 1. The number of halogens is 1. The molecular weight excluding hydrogens is 316 g/mol. The molecule has 2 aromatic carbocycles. The third-order valence-electron chi connectivity index (χ3n) is 3.05. The predicted octanol–water partition coefficient (Wildman–Crippen LogP) is 4.50. The van der Waals surface area contributed by atoms with E-state index < -0.39 is 0 Å². The molecule has 0 spiro atoms. The Morgan fingerprint density at radius 1 is 1.25 bits per heavy atom. The zero-order chi connectivity index (χ0) is 14.5. The third kappa shape index (κ3) is 3.31. The molecule has 1 unspecified atom stereocenters. The first kappa shape index (κ1) is 14.4. The van der Waals surface area contributed by atoms with Crippen LogP contribution >= 0.6 is 15.9 Å². The van der Waals surface area contributed by atoms with E-state index in [-0.39, 0.29) is 6.04 Å². The summed E-state index contributed by atoms with van der Waals surface area (Å²) < 4.78 is 6.11. The van der Waals surface area contributed by atoms with Crippen molar-refractivity contribution in [2.45, 2.75) is 13.0 Å². The number of benzene rings is 2. The first-order valence-corrected chi connectivity index (χ1v) is 7.03. The van der Waals surface area contributed by atoms with Gasteiger partial charge < -0.3 is 10.1 Å². The van der Waals surface area contributed by atoms with E-state index in [1.54, 1.807) is 13.2 Å². The highest BCUT2D eigenvalue weighted by Gasteiger charge is 2.07. The summed E-state index contributed by atoms with van der Waals surface area (Å²) in [6, 6.07) is 15.7. The summed E-state index contributed by atoms with van der Waals surface area (Å²) in [5, 5.41) is 12.3. The standard InChI is InChI=1S/C16H15BrN2O/c1-11(13-5-3-4-12(8-13)10-18)19-14-6-7-16(20-2)15(17)9-14/h3-9,11,19H,1-2H3. The van der Waals surface area contributed by atoms with Gasteiger partial charge in [-0.25, -0.2) is 0 Å². The first-order chi connectivity index (χ1) is 9.63. The summed E-state index contributed by atoms with van der Waals surface area (Å²) in [4.78, 5) is 0. The molecule has 1 N–H and O–H groups in total. The third-order valence-corrected chi connectivity index (χ3v) is 3.67. The second-order valence-corrected chi connectivity index (χ2v) is 5.31. The SMILES string of the molecule is COc1ccc(NC(C)c2cccc(C#N)c2)cc1Br. The van der Waals surface area contributed by atoms with Crippen LogP contribution in [0.15, 0.2) is 46.9 Å². The van der Waals surface area contributed by atoms with E-state index in [1.807, 2.05) is 36.4 Å². The van der Waals surface area contributed by atoms with Gasteiger partial charge in [0.2, 0.25) is 0 Å². The highest BCUT2D eigenvalue weighted by Crippen LogP contribution is 2.29. The van der Waals surface area contributed by atoms with Crippen LogP contribution in [0.2, 0.25) is 0 Å². The lowest BCUT2D eigenvalue weighted by Crippen LogP contribution is -2.06. The van der Waals surface area contributed by atoms with Crippen LogP contribution in [-0.2, 0) is 0 Å². The number of rotatable bonds is 4. The Bertz CT molecular complexity index is 649. The number of hydrogen-bond donors (Lipinski definition) is 1. The van der Waals surface area contributed by atoms with E-state index in [4.69, 9.17) is 10.00 Å². The van der Waals surface area contributed by atoms with Crippen molar-refractivity contribution in [1.82, 2.24) is 0 Å². The maximum atomic E-state index is 8.94.